The first-order valence-electron chi connectivity index (χ1n) is 5.89. The molecular weight excluding hydrogens is 293 g/mol. The maximum absolute atomic E-state index is 12.7. The van der Waals surface area contributed by atoms with E-state index >= 15 is 0 Å². The Hall–Kier alpha value is -1.76. The minimum absolute atomic E-state index is 0.284. The average Bonchev–Trinajstić information content (AvgIpc) is 2.84. The van der Waals surface area contributed by atoms with Crippen LogP contribution in [0.4, 0.5) is 18.9 Å². The molecule has 20 heavy (non-hydrogen) atoms. The first-order valence-corrected chi connectivity index (χ1v) is 6.27. The molecule has 0 aliphatic heterocycles. The zero-order valence-electron chi connectivity index (χ0n) is 10.6. The van der Waals surface area contributed by atoms with E-state index in [9.17, 15) is 13.2 Å². The first-order chi connectivity index (χ1) is 9.41. The lowest BCUT2D eigenvalue weighted by atomic mass is 10.2. The zero-order chi connectivity index (χ0) is 14.8. The molecule has 1 N–H and O–H groups in total. The van der Waals surface area contributed by atoms with Crippen LogP contribution in [0.15, 0.2) is 24.5 Å². The SMILES string of the molecule is CCn1ncnc1CNc1ccc(Cl)c(C(F)(F)F)c1. The number of aryl methyl sites for hydroxylation is 1. The summed E-state index contributed by atoms with van der Waals surface area (Å²) in [6.45, 7) is 2.83. The van der Waals surface area contributed by atoms with E-state index in [0.717, 1.165) is 6.07 Å². The molecule has 0 radical (unpaired) electrons. The highest BCUT2D eigenvalue weighted by atomic mass is 35.5. The van der Waals surface area contributed by atoms with Gasteiger partial charge in [0, 0.05) is 12.2 Å². The first kappa shape index (κ1) is 14.6. The van der Waals surface area contributed by atoms with E-state index in [2.05, 4.69) is 15.4 Å². The van der Waals surface area contributed by atoms with E-state index in [1.807, 2.05) is 6.92 Å². The topological polar surface area (TPSA) is 42.7 Å². The van der Waals surface area contributed by atoms with Gasteiger partial charge in [0.25, 0.3) is 0 Å². The molecule has 108 valence electrons. The average molecular weight is 305 g/mol. The summed E-state index contributed by atoms with van der Waals surface area (Å²) < 4.78 is 39.8. The molecule has 0 amide bonds. The molecule has 1 aromatic heterocycles. The quantitative estimate of drug-likeness (QED) is 0.939. The van der Waals surface area contributed by atoms with Crippen LogP contribution in [0, 0.1) is 0 Å². The molecule has 0 saturated heterocycles. The number of rotatable bonds is 4. The summed E-state index contributed by atoms with van der Waals surface area (Å²) in [6, 6.07) is 3.69. The molecule has 1 heterocycles. The summed E-state index contributed by atoms with van der Waals surface area (Å²) in [5.74, 6) is 0.649. The molecule has 0 aliphatic carbocycles. The van der Waals surface area contributed by atoms with Crippen molar-refractivity contribution in [2.75, 3.05) is 5.32 Å². The molecule has 0 spiro atoms. The number of alkyl halides is 3. The van der Waals surface area contributed by atoms with Crippen LogP contribution in [-0.2, 0) is 19.3 Å². The van der Waals surface area contributed by atoms with Gasteiger partial charge < -0.3 is 5.32 Å². The summed E-state index contributed by atoms with van der Waals surface area (Å²) in [5, 5.41) is 6.54. The lowest BCUT2D eigenvalue weighted by Gasteiger charge is -2.12. The Kier molecular flexibility index (Phi) is 4.17. The number of anilines is 1. The number of benzene rings is 1. The molecule has 2 aromatic rings. The second-order valence-corrected chi connectivity index (χ2v) is 4.45. The van der Waals surface area contributed by atoms with Gasteiger partial charge in [-0.25, -0.2) is 9.67 Å². The van der Waals surface area contributed by atoms with Crippen molar-refractivity contribution in [2.24, 2.45) is 0 Å². The minimum Gasteiger partial charge on any atom is -0.378 e. The fourth-order valence-electron chi connectivity index (χ4n) is 1.72. The lowest BCUT2D eigenvalue weighted by Crippen LogP contribution is -2.10. The highest BCUT2D eigenvalue weighted by Gasteiger charge is 2.33. The smallest absolute Gasteiger partial charge is 0.378 e. The third kappa shape index (κ3) is 3.22. The zero-order valence-corrected chi connectivity index (χ0v) is 11.3. The van der Waals surface area contributed by atoms with E-state index < -0.39 is 11.7 Å². The van der Waals surface area contributed by atoms with Gasteiger partial charge in [0.2, 0.25) is 0 Å². The molecule has 0 unspecified atom stereocenters. The second kappa shape index (κ2) is 5.70. The van der Waals surface area contributed by atoms with Crippen molar-refractivity contribution in [3.05, 3.63) is 40.9 Å². The number of hydrogen-bond acceptors (Lipinski definition) is 3. The van der Waals surface area contributed by atoms with Crippen molar-refractivity contribution in [3.63, 3.8) is 0 Å². The monoisotopic (exact) mass is 304 g/mol. The number of aromatic nitrogens is 3. The molecule has 1 aromatic carbocycles. The summed E-state index contributed by atoms with van der Waals surface area (Å²) in [7, 11) is 0. The Morgan fingerprint density at radius 2 is 2.10 bits per heavy atom. The third-order valence-corrected chi connectivity index (χ3v) is 3.05. The van der Waals surface area contributed by atoms with Crippen LogP contribution in [0.2, 0.25) is 5.02 Å². The predicted octanol–water partition coefficient (Wildman–Crippen LogP) is 3.58. The van der Waals surface area contributed by atoms with Gasteiger partial charge in [-0.3, -0.25) is 0 Å². The van der Waals surface area contributed by atoms with Gasteiger partial charge in [0.1, 0.15) is 12.2 Å². The van der Waals surface area contributed by atoms with Gasteiger partial charge in [-0.1, -0.05) is 11.6 Å². The van der Waals surface area contributed by atoms with Crippen molar-refractivity contribution < 1.29 is 13.2 Å². The molecule has 0 fully saturated rings. The van der Waals surface area contributed by atoms with Crippen LogP contribution in [-0.4, -0.2) is 14.8 Å². The van der Waals surface area contributed by atoms with Gasteiger partial charge in [0.05, 0.1) is 17.1 Å². The highest BCUT2D eigenvalue weighted by Crippen LogP contribution is 2.36. The van der Waals surface area contributed by atoms with E-state index in [4.69, 9.17) is 11.6 Å². The fraction of sp³-hybridized carbons (Fsp3) is 0.333. The van der Waals surface area contributed by atoms with Crippen molar-refractivity contribution in [1.29, 1.82) is 0 Å². The van der Waals surface area contributed by atoms with Crippen molar-refractivity contribution >= 4 is 17.3 Å². The summed E-state index contributed by atoms with van der Waals surface area (Å²) in [4.78, 5) is 4.03. The Bertz CT molecular complexity index is 595. The highest BCUT2D eigenvalue weighted by molar-refractivity contribution is 6.31. The van der Waals surface area contributed by atoms with Gasteiger partial charge >= 0.3 is 6.18 Å². The van der Waals surface area contributed by atoms with Gasteiger partial charge in [-0.05, 0) is 25.1 Å². The molecule has 2 rings (SSSR count). The maximum atomic E-state index is 12.7. The molecule has 8 heteroatoms. The Morgan fingerprint density at radius 3 is 2.75 bits per heavy atom. The van der Waals surface area contributed by atoms with E-state index in [0.29, 0.717) is 18.1 Å². The maximum Gasteiger partial charge on any atom is 0.417 e. The lowest BCUT2D eigenvalue weighted by molar-refractivity contribution is -0.137. The van der Waals surface area contributed by atoms with Gasteiger partial charge in [-0.2, -0.15) is 18.3 Å². The van der Waals surface area contributed by atoms with Gasteiger partial charge in [-0.15, -0.1) is 0 Å². The van der Waals surface area contributed by atoms with Crippen LogP contribution in [0.1, 0.15) is 18.3 Å². The molecular formula is C12H12ClF3N4. The van der Waals surface area contributed by atoms with Crippen molar-refractivity contribution in [3.8, 4) is 0 Å². The van der Waals surface area contributed by atoms with Crippen LogP contribution in [0.3, 0.4) is 0 Å². The van der Waals surface area contributed by atoms with Gasteiger partial charge in [0.15, 0.2) is 0 Å². The van der Waals surface area contributed by atoms with E-state index in [1.165, 1.54) is 18.5 Å². The normalized spacial score (nSPS) is 11.7. The number of hydrogen-bond donors (Lipinski definition) is 1. The standard InChI is InChI=1S/C12H12ClF3N4/c1-2-20-11(18-7-19-20)6-17-8-3-4-10(13)9(5-8)12(14,15)16/h3-5,7,17H,2,6H2,1H3. The molecule has 4 nitrogen and oxygen atoms in total. The van der Waals surface area contributed by atoms with E-state index in [1.54, 1.807) is 4.68 Å². The summed E-state index contributed by atoms with van der Waals surface area (Å²) in [6.07, 6.45) is -3.07. The molecule has 0 saturated carbocycles. The van der Waals surface area contributed by atoms with Crippen molar-refractivity contribution in [2.45, 2.75) is 26.2 Å². The second-order valence-electron chi connectivity index (χ2n) is 4.04. The number of nitrogens with zero attached hydrogens (tertiary/aromatic N) is 3. The summed E-state index contributed by atoms with van der Waals surface area (Å²) in [5.41, 5.74) is -0.534. The fourth-order valence-corrected chi connectivity index (χ4v) is 1.95. The van der Waals surface area contributed by atoms with Crippen LogP contribution >= 0.6 is 11.6 Å². The molecule has 0 atom stereocenters. The Labute approximate surface area is 118 Å². The van der Waals surface area contributed by atoms with Crippen LogP contribution in [0.25, 0.3) is 0 Å². The van der Waals surface area contributed by atoms with E-state index in [-0.39, 0.29) is 11.6 Å². The molecule has 0 aliphatic rings. The third-order valence-electron chi connectivity index (χ3n) is 2.72. The van der Waals surface area contributed by atoms with Crippen LogP contribution < -0.4 is 5.32 Å². The predicted molar refractivity (Wildman–Crippen MR) is 69.5 cm³/mol. The number of nitrogens with one attached hydrogen (secondary N) is 1. The number of halogens is 4. The van der Waals surface area contributed by atoms with Crippen LogP contribution in [0.5, 0.6) is 0 Å². The molecule has 0 bridgehead atoms. The Morgan fingerprint density at radius 1 is 1.35 bits per heavy atom. The Balaban J connectivity index is 2.15. The minimum atomic E-state index is -4.47. The van der Waals surface area contributed by atoms with Crippen molar-refractivity contribution in [1.82, 2.24) is 14.8 Å². The summed E-state index contributed by atoms with van der Waals surface area (Å²) >= 11 is 5.55. The largest absolute Gasteiger partial charge is 0.417 e.